The number of carbonyl (C=O) groups excluding carboxylic acids is 1. The van der Waals surface area contributed by atoms with Crippen molar-refractivity contribution in [3.8, 4) is 0 Å². The molecule has 0 amide bonds. The molecule has 1 heterocycles. The van der Waals surface area contributed by atoms with E-state index in [0.717, 1.165) is 39.3 Å². The minimum Gasteiger partial charge on any atom is -0.465 e. The van der Waals surface area contributed by atoms with Gasteiger partial charge in [-0.05, 0) is 13.3 Å². The van der Waals surface area contributed by atoms with Gasteiger partial charge >= 0.3 is 5.97 Å². The summed E-state index contributed by atoms with van der Waals surface area (Å²) in [5, 5.41) is 0. The molecule has 0 saturated carbocycles. The van der Waals surface area contributed by atoms with E-state index in [1.165, 1.54) is 0 Å². The van der Waals surface area contributed by atoms with Gasteiger partial charge in [-0.25, -0.2) is 0 Å². The Labute approximate surface area is 104 Å². The van der Waals surface area contributed by atoms with Crippen molar-refractivity contribution in [3.05, 3.63) is 0 Å². The van der Waals surface area contributed by atoms with E-state index in [-0.39, 0.29) is 9.89 Å². The second-order valence-electron chi connectivity index (χ2n) is 3.59. The quantitative estimate of drug-likeness (QED) is 0.328. The van der Waals surface area contributed by atoms with E-state index in [2.05, 4.69) is 27.5 Å². The number of hydrogen-bond acceptors (Lipinski definition) is 4. The summed E-state index contributed by atoms with van der Waals surface area (Å²) in [6, 6.07) is 0. The molecular formula is C10H18INO3. The molecule has 1 aliphatic heterocycles. The van der Waals surface area contributed by atoms with Crippen molar-refractivity contribution in [1.29, 1.82) is 0 Å². The zero-order valence-corrected chi connectivity index (χ0v) is 11.2. The molecule has 0 spiro atoms. The van der Waals surface area contributed by atoms with Gasteiger partial charge in [-0.1, -0.05) is 22.6 Å². The number of nitrogens with zero attached hydrogens (tertiary/aromatic N) is 1. The van der Waals surface area contributed by atoms with Crippen LogP contribution in [0.2, 0.25) is 0 Å². The zero-order chi connectivity index (χ0) is 11.1. The topological polar surface area (TPSA) is 38.8 Å². The second kappa shape index (κ2) is 7.40. The maximum Gasteiger partial charge on any atom is 0.318 e. The first-order valence-electron chi connectivity index (χ1n) is 5.31. The van der Waals surface area contributed by atoms with Crippen LogP contribution in [0.1, 0.15) is 13.3 Å². The first kappa shape index (κ1) is 13.2. The number of halogens is 1. The van der Waals surface area contributed by atoms with E-state index >= 15 is 0 Å². The maximum atomic E-state index is 11.1. The molecule has 0 bridgehead atoms. The third kappa shape index (κ3) is 5.67. The van der Waals surface area contributed by atoms with Gasteiger partial charge in [0.1, 0.15) is 3.92 Å². The van der Waals surface area contributed by atoms with E-state index in [1.54, 1.807) is 0 Å². The number of alkyl halides is 1. The Hall–Kier alpha value is 0.120. The second-order valence-corrected chi connectivity index (χ2v) is 5.46. The van der Waals surface area contributed by atoms with Crippen molar-refractivity contribution < 1.29 is 14.3 Å². The van der Waals surface area contributed by atoms with Crippen molar-refractivity contribution in [2.45, 2.75) is 17.3 Å². The average Bonchev–Trinajstić information content (AvgIpc) is 2.25. The third-order valence-corrected chi connectivity index (χ3v) is 2.80. The van der Waals surface area contributed by atoms with Gasteiger partial charge in [0.25, 0.3) is 0 Å². The van der Waals surface area contributed by atoms with Gasteiger partial charge in [0.2, 0.25) is 0 Å². The average molecular weight is 327 g/mol. The minimum atomic E-state index is -0.113. The summed E-state index contributed by atoms with van der Waals surface area (Å²) in [4.78, 5) is 13.5. The summed E-state index contributed by atoms with van der Waals surface area (Å²) in [7, 11) is 0. The molecule has 0 radical (unpaired) electrons. The lowest BCUT2D eigenvalue weighted by molar-refractivity contribution is -0.142. The summed E-state index contributed by atoms with van der Waals surface area (Å²) in [5.41, 5.74) is 0. The molecular weight excluding hydrogens is 309 g/mol. The van der Waals surface area contributed by atoms with Crippen LogP contribution < -0.4 is 0 Å². The monoisotopic (exact) mass is 327 g/mol. The van der Waals surface area contributed by atoms with E-state index < -0.39 is 0 Å². The number of rotatable bonds is 5. The molecule has 0 aromatic heterocycles. The first-order chi connectivity index (χ1) is 7.20. The first-order valence-corrected chi connectivity index (χ1v) is 6.55. The van der Waals surface area contributed by atoms with Gasteiger partial charge in [-0.2, -0.15) is 0 Å². The number of ether oxygens (including phenoxy) is 2. The molecule has 1 saturated heterocycles. The van der Waals surface area contributed by atoms with Crippen molar-refractivity contribution >= 4 is 28.6 Å². The van der Waals surface area contributed by atoms with Crippen molar-refractivity contribution in [3.63, 3.8) is 0 Å². The summed E-state index contributed by atoms with van der Waals surface area (Å²) in [5.74, 6) is -0.113. The molecule has 1 rings (SSSR count). The van der Waals surface area contributed by atoms with Crippen LogP contribution in [0.4, 0.5) is 0 Å². The van der Waals surface area contributed by atoms with Crippen molar-refractivity contribution in [2.75, 3.05) is 39.5 Å². The Morgan fingerprint density at radius 2 is 2.20 bits per heavy atom. The van der Waals surface area contributed by atoms with E-state index in [4.69, 9.17) is 9.47 Å². The van der Waals surface area contributed by atoms with Gasteiger partial charge in [0.05, 0.1) is 19.8 Å². The third-order valence-electron chi connectivity index (χ3n) is 2.29. The largest absolute Gasteiger partial charge is 0.465 e. The molecule has 1 aliphatic rings. The Morgan fingerprint density at radius 1 is 1.53 bits per heavy atom. The fraction of sp³-hybridized carbons (Fsp3) is 0.900. The highest BCUT2D eigenvalue weighted by atomic mass is 127. The van der Waals surface area contributed by atoms with Crippen LogP contribution in [0.15, 0.2) is 0 Å². The molecule has 1 atom stereocenters. The summed E-state index contributed by atoms with van der Waals surface area (Å²) in [6.07, 6.45) is 0.912. The Balaban J connectivity index is 1.98. The lowest BCUT2D eigenvalue weighted by atomic mass is 10.3. The van der Waals surface area contributed by atoms with Crippen LogP contribution in [0.3, 0.4) is 0 Å². The molecule has 0 aromatic rings. The normalized spacial score (nSPS) is 19.9. The predicted octanol–water partition coefficient (Wildman–Crippen LogP) is 1.08. The molecule has 0 aromatic carbocycles. The summed E-state index contributed by atoms with van der Waals surface area (Å²) in [6.45, 7) is 7.00. The Kier molecular flexibility index (Phi) is 6.51. The number of hydrogen-bond donors (Lipinski definition) is 0. The highest BCUT2D eigenvalue weighted by Crippen LogP contribution is 2.02. The van der Waals surface area contributed by atoms with E-state index in [9.17, 15) is 4.79 Å². The van der Waals surface area contributed by atoms with Crippen molar-refractivity contribution in [2.24, 2.45) is 0 Å². The van der Waals surface area contributed by atoms with E-state index in [0.29, 0.717) is 6.61 Å². The Bertz CT molecular complexity index is 193. The van der Waals surface area contributed by atoms with Gasteiger partial charge in [-0.3, -0.25) is 9.69 Å². The molecule has 88 valence electrons. The number of esters is 1. The molecule has 5 heteroatoms. The zero-order valence-electron chi connectivity index (χ0n) is 9.08. The fourth-order valence-corrected chi connectivity index (χ4v) is 1.58. The van der Waals surface area contributed by atoms with Crippen LogP contribution in [-0.2, 0) is 14.3 Å². The number of morpholine rings is 1. The molecule has 0 aliphatic carbocycles. The lowest BCUT2D eigenvalue weighted by Gasteiger charge is -2.26. The smallest absolute Gasteiger partial charge is 0.318 e. The van der Waals surface area contributed by atoms with Crippen LogP contribution in [0.25, 0.3) is 0 Å². The van der Waals surface area contributed by atoms with Gasteiger partial charge in [-0.15, -0.1) is 0 Å². The summed E-state index contributed by atoms with van der Waals surface area (Å²) >= 11 is 2.06. The van der Waals surface area contributed by atoms with Crippen LogP contribution in [0, 0.1) is 0 Å². The fourth-order valence-electron chi connectivity index (χ4n) is 1.40. The maximum absolute atomic E-state index is 11.1. The predicted molar refractivity (Wildman–Crippen MR) is 66.3 cm³/mol. The molecule has 4 nitrogen and oxygen atoms in total. The lowest BCUT2D eigenvalue weighted by Crippen LogP contribution is -2.37. The molecule has 15 heavy (non-hydrogen) atoms. The van der Waals surface area contributed by atoms with Crippen LogP contribution in [0.5, 0.6) is 0 Å². The molecule has 1 unspecified atom stereocenters. The summed E-state index contributed by atoms with van der Waals surface area (Å²) < 4.78 is 10.3. The van der Waals surface area contributed by atoms with Gasteiger partial charge in [0.15, 0.2) is 0 Å². The van der Waals surface area contributed by atoms with Gasteiger partial charge < -0.3 is 9.47 Å². The standard InChI is InChI=1S/C10H18INO3/c1-9(11)10(13)15-6-2-3-12-4-7-14-8-5-12/h9H,2-8H2,1H3. The van der Waals surface area contributed by atoms with E-state index in [1.807, 2.05) is 6.92 Å². The minimum absolute atomic E-state index is 0.0500. The van der Waals surface area contributed by atoms with Gasteiger partial charge in [0, 0.05) is 19.6 Å². The van der Waals surface area contributed by atoms with Crippen LogP contribution >= 0.6 is 22.6 Å². The number of carbonyl (C=O) groups is 1. The highest BCUT2D eigenvalue weighted by Gasteiger charge is 2.11. The van der Waals surface area contributed by atoms with Crippen molar-refractivity contribution in [1.82, 2.24) is 4.90 Å². The Morgan fingerprint density at radius 3 is 2.80 bits per heavy atom. The SMILES string of the molecule is CC(I)C(=O)OCCCN1CCOCC1. The van der Waals surface area contributed by atoms with Crippen LogP contribution in [-0.4, -0.2) is 54.2 Å². The highest BCUT2D eigenvalue weighted by molar-refractivity contribution is 14.1. The molecule has 0 N–H and O–H groups in total. The molecule has 1 fully saturated rings.